The smallest absolute Gasteiger partial charge is 0.253 e. The summed E-state index contributed by atoms with van der Waals surface area (Å²) in [7, 11) is -3.65. The molecule has 1 amide bonds. The molecule has 5 nitrogen and oxygen atoms in total. The summed E-state index contributed by atoms with van der Waals surface area (Å²) in [5.74, 6) is -0.492. The highest BCUT2D eigenvalue weighted by Crippen LogP contribution is 2.19. The molecule has 0 fully saturated rings. The topological polar surface area (TPSA) is 75.3 Å². The summed E-state index contributed by atoms with van der Waals surface area (Å²) in [6.07, 6.45) is 1.84. The quantitative estimate of drug-likeness (QED) is 0.684. The fourth-order valence-corrected chi connectivity index (χ4v) is 3.59. The predicted molar refractivity (Wildman–Crippen MR) is 101 cm³/mol. The second kappa shape index (κ2) is 8.87. The molecule has 0 aliphatic rings. The van der Waals surface area contributed by atoms with E-state index in [0.717, 1.165) is 12.8 Å². The fraction of sp³-hybridized carbons (Fsp3) is 0.278. The summed E-state index contributed by atoms with van der Waals surface area (Å²) >= 11 is 5.81. The van der Waals surface area contributed by atoms with E-state index in [-0.39, 0.29) is 17.3 Å². The van der Waals surface area contributed by atoms with Gasteiger partial charge in [-0.3, -0.25) is 9.52 Å². The summed E-state index contributed by atoms with van der Waals surface area (Å²) in [6.45, 7) is 2.59. The van der Waals surface area contributed by atoms with E-state index in [9.17, 15) is 13.2 Å². The summed E-state index contributed by atoms with van der Waals surface area (Å²) in [4.78, 5) is 12.3. The maximum atomic E-state index is 12.4. The van der Waals surface area contributed by atoms with Crippen molar-refractivity contribution >= 4 is 33.2 Å². The number of benzene rings is 2. The molecule has 0 heterocycles. The third-order valence-corrected chi connectivity index (χ3v) is 5.02. The maximum Gasteiger partial charge on any atom is 0.253 e. The van der Waals surface area contributed by atoms with E-state index in [1.54, 1.807) is 48.5 Å². The summed E-state index contributed by atoms with van der Waals surface area (Å²) < 4.78 is 27.3. The van der Waals surface area contributed by atoms with Crippen LogP contribution in [0.1, 0.15) is 35.7 Å². The van der Waals surface area contributed by atoms with Gasteiger partial charge in [-0.2, -0.15) is 0 Å². The van der Waals surface area contributed by atoms with Gasteiger partial charge in [0.05, 0.1) is 17.0 Å². The van der Waals surface area contributed by atoms with Gasteiger partial charge >= 0.3 is 0 Å². The first kappa shape index (κ1) is 19.3. The third-order valence-electron chi connectivity index (χ3n) is 3.52. The number of amides is 1. The van der Waals surface area contributed by atoms with E-state index in [1.165, 1.54) is 0 Å². The Morgan fingerprint density at radius 3 is 2.44 bits per heavy atom. The van der Waals surface area contributed by atoms with Crippen LogP contribution >= 0.6 is 11.6 Å². The van der Waals surface area contributed by atoms with Gasteiger partial charge in [-0.15, -0.1) is 0 Å². The minimum Gasteiger partial charge on any atom is -0.352 e. The van der Waals surface area contributed by atoms with Gasteiger partial charge in [-0.1, -0.05) is 49.2 Å². The molecule has 0 saturated heterocycles. The van der Waals surface area contributed by atoms with Crippen molar-refractivity contribution in [3.63, 3.8) is 0 Å². The molecule has 25 heavy (non-hydrogen) atoms. The Balaban J connectivity index is 2.13. The first-order valence-corrected chi connectivity index (χ1v) is 10.1. The standard InChI is InChI=1S/C18H21ClN2O3S/c1-2-3-12-20-18(22)16-6-4-5-7-17(16)21-25(23,24)13-14-8-10-15(19)11-9-14/h4-11,21H,2-3,12-13H2,1H3,(H,20,22). The van der Waals surface area contributed by atoms with E-state index in [0.29, 0.717) is 22.7 Å². The minimum atomic E-state index is -3.65. The minimum absolute atomic E-state index is 0.198. The Morgan fingerprint density at radius 1 is 1.08 bits per heavy atom. The maximum absolute atomic E-state index is 12.4. The van der Waals surface area contributed by atoms with Gasteiger partial charge < -0.3 is 5.32 Å². The van der Waals surface area contributed by atoms with Crippen LogP contribution in [0.3, 0.4) is 0 Å². The number of hydrogen-bond donors (Lipinski definition) is 2. The molecule has 0 radical (unpaired) electrons. The second-order valence-corrected chi connectivity index (χ2v) is 7.80. The molecule has 0 aromatic heterocycles. The SMILES string of the molecule is CCCCNC(=O)c1ccccc1NS(=O)(=O)Cc1ccc(Cl)cc1. The van der Waals surface area contributed by atoms with Crippen molar-refractivity contribution in [1.82, 2.24) is 5.32 Å². The van der Waals surface area contributed by atoms with Crippen LogP contribution in [0.4, 0.5) is 5.69 Å². The number of carbonyl (C=O) groups is 1. The Kier molecular flexibility index (Phi) is 6.84. The molecule has 134 valence electrons. The van der Waals surface area contributed by atoms with Crippen LogP contribution in [0.2, 0.25) is 5.02 Å². The van der Waals surface area contributed by atoms with Gasteiger partial charge in [0.25, 0.3) is 5.91 Å². The van der Waals surface area contributed by atoms with E-state index in [1.807, 2.05) is 6.92 Å². The molecule has 0 spiro atoms. The zero-order valence-electron chi connectivity index (χ0n) is 14.0. The highest BCUT2D eigenvalue weighted by Gasteiger charge is 2.17. The molecule has 2 N–H and O–H groups in total. The molecule has 0 bridgehead atoms. The number of carbonyl (C=O) groups excluding carboxylic acids is 1. The average Bonchev–Trinajstić information content (AvgIpc) is 2.57. The van der Waals surface area contributed by atoms with Crippen LogP contribution in [0.15, 0.2) is 48.5 Å². The molecule has 2 aromatic carbocycles. The van der Waals surface area contributed by atoms with Gasteiger partial charge in [0.2, 0.25) is 10.0 Å². The van der Waals surface area contributed by atoms with Crippen molar-refractivity contribution in [1.29, 1.82) is 0 Å². The Bertz CT molecular complexity index is 820. The number of rotatable bonds is 8. The predicted octanol–water partition coefficient (Wildman–Crippen LogP) is 3.81. The first-order valence-electron chi connectivity index (χ1n) is 8.03. The molecule has 0 aliphatic carbocycles. The summed E-state index contributed by atoms with van der Waals surface area (Å²) in [6, 6.07) is 13.2. The van der Waals surface area contributed by atoms with Gasteiger partial charge in [0.1, 0.15) is 0 Å². The molecular formula is C18H21ClN2O3S. The average molecular weight is 381 g/mol. The summed E-state index contributed by atoms with van der Waals surface area (Å²) in [5, 5.41) is 3.34. The monoisotopic (exact) mass is 380 g/mol. The van der Waals surface area contributed by atoms with Gasteiger partial charge in [0, 0.05) is 11.6 Å². The lowest BCUT2D eigenvalue weighted by atomic mass is 10.1. The highest BCUT2D eigenvalue weighted by atomic mass is 35.5. The molecule has 0 unspecified atom stereocenters. The molecular weight excluding hydrogens is 360 g/mol. The number of sulfonamides is 1. The largest absolute Gasteiger partial charge is 0.352 e. The number of unbranched alkanes of at least 4 members (excludes halogenated alkanes) is 1. The van der Waals surface area contributed by atoms with Crippen LogP contribution in [-0.4, -0.2) is 20.9 Å². The first-order chi connectivity index (χ1) is 11.9. The molecule has 0 atom stereocenters. The molecule has 2 aromatic rings. The van der Waals surface area contributed by atoms with Crippen molar-refractivity contribution in [3.8, 4) is 0 Å². The van der Waals surface area contributed by atoms with E-state index in [4.69, 9.17) is 11.6 Å². The lowest BCUT2D eigenvalue weighted by Crippen LogP contribution is -2.26. The third kappa shape index (κ3) is 6.07. The van der Waals surface area contributed by atoms with E-state index < -0.39 is 10.0 Å². The van der Waals surface area contributed by atoms with Crippen LogP contribution in [0.5, 0.6) is 0 Å². The van der Waals surface area contributed by atoms with E-state index >= 15 is 0 Å². The Morgan fingerprint density at radius 2 is 1.76 bits per heavy atom. The zero-order valence-corrected chi connectivity index (χ0v) is 15.5. The van der Waals surface area contributed by atoms with Crippen LogP contribution in [0, 0.1) is 0 Å². The van der Waals surface area contributed by atoms with E-state index in [2.05, 4.69) is 10.0 Å². The number of halogens is 1. The molecule has 0 saturated carbocycles. The number of para-hydroxylation sites is 1. The molecule has 7 heteroatoms. The lowest BCUT2D eigenvalue weighted by Gasteiger charge is -2.13. The summed E-state index contributed by atoms with van der Waals surface area (Å²) in [5.41, 5.74) is 1.19. The van der Waals surface area contributed by atoms with Crippen LogP contribution < -0.4 is 10.0 Å². The Labute approximate surface area is 153 Å². The molecule has 0 aliphatic heterocycles. The fourth-order valence-electron chi connectivity index (χ4n) is 2.25. The normalized spacial score (nSPS) is 11.1. The number of nitrogens with one attached hydrogen (secondary N) is 2. The highest BCUT2D eigenvalue weighted by molar-refractivity contribution is 7.91. The second-order valence-electron chi connectivity index (χ2n) is 5.64. The van der Waals surface area contributed by atoms with Gasteiger partial charge in [-0.25, -0.2) is 8.42 Å². The van der Waals surface area contributed by atoms with Gasteiger partial charge in [0.15, 0.2) is 0 Å². The lowest BCUT2D eigenvalue weighted by molar-refractivity contribution is 0.0954. The Hall–Kier alpha value is -2.05. The number of hydrogen-bond acceptors (Lipinski definition) is 3. The van der Waals surface area contributed by atoms with Crippen LogP contribution in [-0.2, 0) is 15.8 Å². The van der Waals surface area contributed by atoms with Crippen molar-refractivity contribution in [2.45, 2.75) is 25.5 Å². The van der Waals surface area contributed by atoms with Crippen molar-refractivity contribution in [3.05, 3.63) is 64.7 Å². The number of anilines is 1. The van der Waals surface area contributed by atoms with Crippen LogP contribution in [0.25, 0.3) is 0 Å². The zero-order chi connectivity index (χ0) is 18.3. The van der Waals surface area contributed by atoms with Crippen molar-refractivity contribution in [2.75, 3.05) is 11.3 Å². The van der Waals surface area contributed by atoms with Crippen molar-refractivity contribution in [2.24, 2.45) is 0 Å². The molecule has 2 rings (SSSR count). The van der Waals surface area contributed by atoms with Gasteiger partial charge in [-0.05, 0) is 36.2 Å². The van der Waals surface area contributed by atoms with Crippen molar-refractivity contribution < 1.29 is 13.2 Å².